The second kappa shape index (κ2) is 13.2. The summed E-state index contributed by atoms with van der Waals surface area (Å²) >= 11 is 1.29. The molecule has 0 fully saturated rings. The van der Waals surface area contributed by atoms with Crippen LogP contribution in [0.4, 0.5) is 4.79 Å². The number of rotatable bonds is 9. The van der Waals surface area contributed by atoms with Gasteiger partial charge in [-0.05, 0) is 20.8 Å². The van der Waals surface area contributed by atoms with Gasteiger partial charge in [0.15, 0.2) is 0 Å². The van der Waals surface area contributed by atoms with Crippen molar-refractivity contribution in [3.63, 3.8) is 0 Å². The predicted molar refractivity (Wildman–Crippen MR) is 154 cm³/mol. The topological polar surface area (TPSA) is 93.2 Å². The quantitative estimate of drug-likeness (QED) is 0.271. The zero-order valence-corrected chi connectivity index (χ0v) is 27.9. The zero-order chi connectivity index (χ0) is 30.5. The molecule has 0 saturated carbocycles. The van der Waals surface area contributed by atoms with E-state index in [4.69, 9.17) is 9.47 Å². The van der Waals surface area contributed by atoms with Crippen molar-refractivity contribution in [3.05, 3.63) is 70.3 Å². The number of carbonyl (C=O) groups is 4. The van der Waals surface area contributed by atoms with Crippen LogP contribution in [0.1, 0.15) is 86.6 Å². The van der Waals surface area contributed by atoms with E-state index in [1.165, 1.54) is 23.3 Å². The Morgan fingerprint density at radius 2 is 1.63 bits per heavy atom. The molecule has 0 aromatic heterocycles. The first-order valence-corrected chi connectivity index (χ1v) is 15.2. The number of ketones is 1. The first kappa shape index (κ1) is 32.4. The fourth-order valence-corrected chi connectivity index (χ4v) is 5.67. The van der Waals surface area contributed by atoms with Crippen LogP contribution in [0, 0.1) is 0 Å². The van der Waals surface area contributed by atoms with Crippen LogP contribution in [0.25, 0.3) is 0 Å². The summed E-state index contributed by atoms with van der Waals surface area (Å²) in [6.45, 7) is 11.9. The van der Waals surface area contributed by atoms with Crippen LogP contribution >= 0.6 is 0 Å². The monoisotopic (exact) mass is 732 g/mol. The van der Waals surface area contributed by atoms with Gasteiger partial charge >= 0.3 is 219 Å². The van der Waals surface area contributed by atoms with Crippen molar-refractivity contribution < 1.29 is 48.0 Å². The SMILES string of the molecule is CN(CC[C](=[W])c1cccc2c1CCN(C=O)C2C(=O)Cc1ccc(C(=O)OC(C)(C)C)cc1)C(=O)OC(C)(C)C. The number of ether oxygens (including phenoxy) is 2. The number of Topliss-reactive ketones (excluding diaryl/α,β-unsaturated/α-hetero) is 1. The van der Waals surface area contributed by atoms with Crippen molar-refractivity contribution in [1.82, 2.24) is 9.80 Å². The molecule has 0 bridgehead atoms. The molecule has 0 spiro atoms. The Morgan fingerprint density at radius 3 is 2.22 bits per heavy atom. The summed E-state index contributed by atoms with van der Waals surface area (Å²) in [7, 11) is 1.73. The van der Waals surface area contributed by atoms with E-state index >= 15 is 0 Å². The molecule has 0 N–H and O–H groups in total. The molecule has 1 aliphatic heterocycles. The van der Waals surface area contributed by atoms with Crippen molar-refractivity contribution in [1.29, 1.82) is 0 Å². The first-order chi connectivity index (χ1) is 19.1. The van der Waals surface area contributed by atoms with Crippen molar-refractivity contribution in [2.75, 3.05) is 20.1 Å². The molecule has 41 heavy (non-hydrogen) atoms. The molecule has 1 unspecified atom stereocenters. The molecule has 0 radical (unpaired) electrons. The minimum atomic E-state index is -0.686. The number of carbonyl (C=O) groups excluding carboxylic acids is 4. The fourth-order valence-electron chi connectivity index (χ4n) is 4.65. The van der Waals surface area contributed by atoms with E-state index in [0.29, 0.717) is 31.5 Å². The predicted octanol–water partition coefficient (Wildman–Crippen LogP) is 4.83. The van der Waals surface area contributed by atoms with Gasteiger partial charge in [-0.2, -0.15) is 0 Å². The number of benzene rings is 2. The minimum absolute atomic E-state index is 0.0881. The van der Waals surface area contributed by atoms with E-state index < -0.39 is 23.2 Å². The number of amides is 2. The Balaban J connectivity index is 1.76. The van der Waals surface area contributed by atoms with Gasteiger partial charge in [-0.15, -0.1) is 0 Å². The second-order valence-corrected chi connectivity index (χ2v) is 14.1. The van der Waals surface area contributed by atoms with Crippen LogP contribution in [-0.2, 0) is 51.3 Å². The second-order valence-electron chi connectivity index (χ2n) is 12.3. The Hall–Kier alpha value is -3.12. The molecule has 220 valence electrons. The average molecular weight is 733 g/mol. The van der Waals surface area contributed by atoms with Crippen molar-refractivity contribution in [2.45, 2.75) is 78.0 Å². The maximum atomic E-state index is 13.6. The molecule has 0 aliphatic carbocycles. The summed E-state index contributed by atoms with van der Waals surface area (Å²) in [6.07, 6.45) is 1.85. The van der Waals surface area contributed by atoms with Crippen LogP contribution in [0.3, 0.4) is 0 Å². The van der Waals surface area contributed by atoms with E-state index in [-0.39, 0.29) is 18.3 Å². The van der Waals surface area contributed by atoms with Gasteiger partial charge in [0.05, 0.1) is 0 Å². The molecule has 1 heterocycles. The molecule has 8 nitrogen and oxygen atoms in total. The van der Waals surface area contributed by atoms with Gasteiger partial charge in [0, 0.05) is 0 Å². The Bertz CT molecular complexity index is 1310. The van der Waals surface area contributed by atoms with Gasteiger partial charge in [-0.1, -0.05) is 0 Å². The Morgan fingerprint density at radius 1 is 1.00 bits per heavy atom. The number of hydrogen-bond acceptors (Lipinski definition) is 6. The van der Waals surface area contributed by atoms with Crippen molar-refractivity contribution in [2.24, 2.45) is 0 Å². The first-order valence-electron chi connectivity index (χ1n) is 13.7. The third-order valence-corrected chi connectivity index (χ3v) is 8.07. The van der Waals surface area contributed by atoms with E-state index in [0.717, 1.165) is 28.7 Å². The summed E-state index contributed by atoms with van der Waals surface area (Å²) in [5, 5.41) is 0. The molecule has 0 saturated heterocycles. The van der Waals surface area contributed by atoms with Gasteiger partial charge < -0.3 is 4.74 Å². The molecular weight excluding hydrogens is 692 g/mol. The summed E-state index contributed by atoms with van der Waals surface area (Å²) < 4.78 is 12.1. The number of esters is 1. The molecule has 3 rings (SSSR count). The summed E-state index contributed by atoms with van der Waals surface area (Å²) in [5.41, 5.74) is 3.03. The summed E-state index contributed by atoms with van der Waals surface area (Å²) in [4.78, 5) is 53.5. The number of nitrogens with zero attached hydrogens (tertiary/aromatic N) is 2. The van der Waals surface area contributed by atoms with Gasteiger partial charge in [0.2, 0.25) is 0 Å². The normalized spacial score (nSPS) is 15.0. The van der Waals surface area contributed by atoms with Crippen LogP contribution in [0.15, 0.2) is 42.5 Å². The van der Waals surface area contributed by atoms with E-state index in [1.54, 1.807) is 41.1 Å². The Kier molecular flexibility index (Phi) is 10.5. The molecule has 2 aromatic rings. The van der Waals surface area contributed by atoms with Crippen LogP contribution < -0.4 is 0 Å². The van der Waals surface area contributed by atoms with Gasteiger partial charge in [0.25, 0.3) is 0 Å². The van der Waals surface area contributed by atoms with Gasteiger partial charge in [-0.3, -0.25) is 0 Å². The van der Waals surface area contributed by atoms with Crippen LogP contribution in [0.5, 0.6) is 0 Å². The molecule has 2 aromatic carbocycles. The van der Waals surface area contributed by atoms with Gasteiger partial charge in [-0.25, -0.2) is 4.79 Å². The molecule has 2 amide bonds. The molecule has 9 heteroatoms. The Labute approximate surface area is 253 Å². The third kappa shape index (κ3) is 8.93. The fraction of sp³-hybridized carbons (Fsp3) is 0.469. The van der Waals surface area contributed by atoms with E-state index in [1.807, 2.05) is 53.7 Å². The maximum absolute atomic E-state index is 13.6. The molecule has 1 atom stereocenters. The summed E-state index contributed by atoms with van der Waals surface area (Å²) in [5.74, 6) is -0.503. The molecule has 1 aliphatic rings. The zero-order valence-electron chi connectivity index (χ0n) is 25.0. The van der Waals surface area contributed by atoms with Crippen LogP contribution in [0.2, 0.25) is 0 Å². The van der Waals surface area contributed by atoms with Crippen molar-refractivity contribution in [3.8, 4) is 0 Å². The van der Waals surface area contributed by atoms with Crippen LogP contribution in [-0.4, -0.2) is 69.3 Å². The van der Waals surface area contributed by atoms with E-state index in [2.05, 4.69) is 6.07 Å². The number of fused-ring (bicyclic) bond motifs is 1. The van der Waals surface area contributed by atoms with Crippen molar-refractivity contribution >= 4 is 28.2 Å². The molecular formula is C32H40N2O6W. The number of hydrogen-bond donors (Lipinski definition) is 0. The average Bonchev–Trinajstić information content (AvgIpc) is 2.88. The standard InChI is InChI=1S/C32H40N2O6.W/c1-31(2,3)39-29(37)24-15-13-22(14-16-24)20-27(36)28-26-12-8-10-23(25(26)17-19-34(28)21-35)11-9-18-33(7)30(38)40-32(4,5)6;/h8,10,12-16,21,28H,9,17-20H2,1-7H3;. The van der Waals surface area contributed by atoms with E-state index in [9.17, 15) is 19.2 Å². The third-order valence-electron chi connectivity index (χ3n) is 6.55. The van der Waals surface area contributed by atoms with Gasteiger partial charge in [0.1, 0.15) is 5.60 Å². The summed E-state index contributed by atoms with van der Waals surface area (Å²) in [6, 6.07) is 12.1.